The normalized spacial score (nSPS) is 11.4. The zero-order valence-electron chi connectivity index (χ0n) is 13.7. The predicted octanol–water partition coefficient (Wildman–Crippen LogP) is 4.28. The number of aromatic nitrogens is 1. The van der Waals surface area contributed by atoms with Crippen molar-refractivity contribution < 1.29 is 21.9 Å². The molecule has 1 N–H and O–H groups in total. The molecule has 0 fully saturated rings. The summed E-state index contributed by atoms with van der Waals surface area (Å²) in [5.74, 6) is -0.948. The number of halogens is 3. The third-order valence-electron chi connectivity index (χ3n) is 3.49. The van der Waals surface area contributed by atoms with E-state index in [1.54, 1.807) is 12.1 Å². The van der Waals surface area contributed by atoms with Gasteiger partial charge in [-0.3, -0.25) is 0 Å². The van der Waals surface area contributed by atoms with Crippen LogP contribution in [0, 0.1) is 11.6 Å². The highest BCUT2D eigenvalue weighted by molar-refractivity contribution is 7.89. The summed E-state index contributed by atoms with van der Waals surface area (Å²) in [5, 5.41) is -0.279. The molecule has 0 unspecified atom stereocenters. The first-order chi connectivity index (χ1) is 12.8. The van der Waals surface area contributed by atoms with Gasteiger partial charge in [-0.25, -0.2) is 26.9 Å². The van der Waals surface area contributed by atoms with Crippen LogP contribution in [0.25, 0.3) is 0 Å². The molecule has 0 amide bonds. The van der Waals surface area contributed by atoms with Crippen LogP contribution >= 0.6 is 11.6 Å². The number of ether oxygens (including phenoxy) is 1. The van der Waals surface area contributed by atoms with Crippen LogP contribution in [0.1, 0.15) is 5.56 Å². The van der Waals surface area contributed by atoms with E-state index in [1.807, 2.05) is 0 Å². The maximum atomic E-state index is 13.9. The molecule has 5 nitrogen and oxygen atoms in total. The Bertz CT molecular complexity index is 1060. The van der Waals surface area contributed by atoms with E-state index in [-0.39, 0.29) is 23.2 Å². The van der Waals surface area contributed by atoms with Gasteiger partial charge in [0.25, 0.3) is 0 Å². The van der Waals surface area contributed by atoms with Gasteiger partial charge in [0, 0.05) is 24.9 Å². The van der Waals surface area contributed by atoms with Crippen molar-refractivity contribution in [3.8, 4) is 11.6 Å². The monoisotopic (exact) mass is 410 g/mol. The second kappa shape index (κ2) is 7.99. The van der Waals surface area contributed by atoms with Crippen LogP contribution in [0.15, 0.2) is 65.7 Å². The molecule has 0 bridgehead atoms. The van der Waals surface area contributed by atoms with Crippen LogP contribution in [0.2, 0.25) is 5.02 Å². The molecular formula is C18H13ClF2N2O3S. The van der Waals surface area contributed by atoms with Gasteiger partial charge in [0.1, 0.15) is 16.5 Å². The van der Waals surface area contributed by atoms with Gasteiger partial charge < -0.3 is 4.74 Å². The Labute approximate surface area is 159 Å². The largest absolute Gasteiger partial charge is 0.439 e. The molecule has 0 atom stereocenters. The molecule has 140 valence electrons. The van der Waals surface area contributed by atoms with Crippen molar-refractivity contribution in [2.24, 2.45) is 0 Å². The molecule has 0 saturated carbocycles. The van der Waals surface area contributed by atoms with Crippen LogP contribution < -0.4 is 9.46 Å². The Morgan fingerprint density at radius 3 is 2.56 bits per heavy atom. The summed E-state index contributed by atoms with van der Waals surface area (Å²) >= 11 is 5.62. The van der Waals surface area contributed by atoms with E-state index in [1.165, 1.54) is 42.6 Å². The molecule has 0 radical (unpaired) electrons. The van der Waals surface area contributed by atoms with E-state index in [0.29, 0.717) is 5.56 Å². The third-order valence-corrected chi connectivity index (χ3v) is 5.20. The van der Waals surface area contributed by atoms with E-state index >= 15 is 0 Å². The fraction of sp³-hybridized carbons (Fsp3) is 0.0556. The summed E-state index contributed by atoms with van der Waals surface area (Å²) in [4.78, 5) is 3.50. The fourth-order valence-electron chi connectivity index (χ4n) is 2.17. The number of sulfonamides is 1. The van der Waals surface area contributed by atoms with Gasteiger partial charge in [-0.15, -0.1) is 0 Å². The lowest BCUT2D eigenvalue weighted by Crippen LogP contribution is -2.24. The van der Waals surface area contributed by atoms with Crippen LogP contribution in [-0.2, 0) is 16.6 Å². The van der Waals surface area contributed by atoms with Crippen molar-refractivity contribution >= 4 is 21.6 Å². The molecule has 3 aromatic rings. The molecule has 1 heterocycles. The average molecular weight is 411 g/mol. The molecule has 27 heavy (non-hydrogen) atoms. The summed E-state index contributed by atoms with van der Waals surface area (Å²) in [6, 6.07) is 12.4. The minimum Gasteiger partial charge on any atom is -0.439 e. The second-order valence-electron chi connectivity index (χ2n) is 5.44. The number of benzene rings is 2. The van der Waals surface area contributed by atoms with E-state index in [9.17, 15) is 17.2 Å². The molecule has 9 heteroatoms. The summed E-state index contributed by atoms with van der Waals surface area (Å²) in [6.45, 7) is -0.110. The minimum absolute atomic E-state index is 0.110. The van der Waals surface area contributed by atoms with Gasteiger partial charge >= 0.3 is 0 Å². The van der Waals surface area contributed by atoms with Gasteiger partial charge in [-0.05, 0) is 29.8 Å². The number of pyridine rings is 1. The van der Waals surface area contributed by atoms with E-state index < -0.39 is 26.6 Å². The van der Waals surface area contributed by atoms with Gasteiger partial charge in [-0.1, -0.05) is 29.8 Å². The van der Waals surface area contributed by atoms with E-state index in [0.717, 1.165) is 6.07 Å². The van der Waals surface area contributed by atoms with Crippen LogP contribution in [0.3, 0.4) is 0 Å². The lowest BCUT2D eigenvalue weighted by molar-refractivity contribution is 0.457. The molecule has 2 aromatic carbocycles. The first kappa shape index (κ1) is 19.2. The first-order valence-electron chi connectivity index (χ1n) is 7.67. The van der Waals surface area contributed by atoms with Gasteiger partial charge in [0.15, 0.2) is 5.82 Å². The highest BCUT2D eigenvalue weighted by Crippen LogP contribution is 2.22. The lowest BCUT2D eigenvalue weighted by atomic mass is 10.3. The molecular weight excluding hydrogens is 398 g/mol. The zero-order valence-corrected chi connectivity index (χ0v) is 15.3. The molecule has 0 aliphatic carbocycles. The van der Waals surface area contributed by atoms with Gasteiger partial charge in [0.05, 0.1) is 5.02 Å². The molecule has 0 saturated heterocycles. The zero-order chi connectivity index (χ0) is 19.4. The van der Waals surface area contributed by atoms with Crippen molar-refractivity contribution in [1.82, 2.24) is 9.71 Å². The maximum Gasteiger partial charge on any atom is 0.243 e. The number of rotatable bonds is 6. The standard InChI is InChI=1S/C18H13ClF2N2O3S/c19-15-5-2-6-16(18(15)21)27(24,25)23-11-12-7-8-17(22-10-12)26-14-4-1-3-13(20)9-14/h1-10,23H,11H2. The number of hydrogen-bond acceptors (Lipinski definition) is 4. The van der Waals surface area contributed by atoms with Crippen LogP contribution in [0.4, 0.5) is 8.78 Å². The molecule has 0 aliphatic rings. The minimum atomic E-state index is -4.09. The molecule has 0 aliphatic heterocycles. The summed E-state index contributed by atoms with van der Waals surface area (Å²) in [7, 11) is -4.09. The predicted molar refractivity (Wildman–Crippen MR) is 96.1 cm³/mol. The van der Waals surface area contributed by atoms with Crippen molar-refractivity contribution in [2.75, 3.05) is 0 Å². The summed E-state index contributed by atoms with van der Waals surface area (Å²) in [5.41, 5.74) is 0.521. The Kier molecular flexibility index (Phi) is 5.69. The molecule has 0 spiro atoms. The van der Waals surface area contributed by atoms with E-state index in [4.69, 9.17) is 16.3 Å². The first-order valence-corrected chi connectivity index (χ1v) is 9.53. The maximum absolute atomic E-state index is 13.9. The second-order valence-corrected chi connectivity index (χ2v) is 7.58. The number of nitrogens with one attached hydrogen (secondary N) is 1. The highest BCUT2D eigenvalue weighted by atomic mass is 35.5. The van der Waals surface area contributed by atoms with E-state index in [2.05, 4.69) is 9.71 Å². The van der Waals surface area contributed by atoms with Crippen molar-refractivity contribution in [3.63, 3.8) is 0 Å². The third kappa shape index (κ3) is 4.79. The Morgan fingerprint density at radius 1 is 1.07 bits per heavy atom. The number of hydrogen-bond donors (Lipinski definition) is 1. The van der Waals surface area contributed by atoms with Crippen LogP contribution in [0.5, 0.6) is 11.6 Å². The lowest BCUT2D eigenvalue weighted by Gasteiger charge is -2.09. The van der Waals surface area contributed by atoms with Crippen LogP contribution in [-0.4, -0.2) is 13.4 Å². The Morgan fingerprint density at radius 2 is 1.85 bits per heavy atom. The smallest absolute Gasteiger partial charge is 0.243 e. The molecule has 3 rings (SSSR count). The van der Waals surface area contributed by atoms with Crippen molar-refractivity contribution in [1.29, 1.82) is 0 Å². The average Bonchev–Trinajstić information content (AvgIpc) is 2.63. The summed E-state index contributed by atoms with van der Waals surface area (Å²) < 4.78 is 59.2. The quantitative estimate of drug-likeness (QED) is 0.658. The van der Waals surface area contributed by atoms with Gasteiger partial charge in [0.2, 0.25) is 15.9 Å². The Hall–Kier alpha value is -2.55. The fourth-order valence-corrected chi connectivity index (χ4v) is 3.52. The van der Waals surface area contributed by atoms with Gasteiger partial charge in [-0.2, -0.15) is 0 Å². The number of nitrogens with zero attached hydrogens (tertiary/aromatic N) is 1. The Balaban J connectivity index is 1.67. The SMILES string of the molecule is O=S(=O)(NCc1ccc(Oc2cccc(F)c2)nc1)c1cccc(Cl)c1F. The molecule has 1 aromatic heterocycles. The summed E-state index contributed by atoms with van der Waals surface area (Å²) in [6.07, 6.45) is 1.39. The highest BCUT2D eigenvalue weighted by Gasteiger charge is 2.20. The van der Waals surface area contributed by atoms with Crippen molar-refractivity contribution in [3.05, 3.63) is 83.0 Å². The topological polar surface area (TPSA) is 68.3 Å². The van der Waals surface area contributed by atoms with Crippen molar-refractivity contribution in [2.45, 2.75) is 11.4 Å².